The predicted molar refractivity (Wildman–Crippen MR) is 175 cm³/mol. The van der Waals surface area contributed by atoms with E-state index >= 15 is 4.39 Å². The summed E-state index contributed by atoms with van der Waals surface area (Å²) in [7, 11) is 0. The van der Waals surface area contributed by atoms with Crippen LogP contribution in [0, 0.1) is 18.3 Å². The summed E-state index contributed by atoms with van der Waals surface area (Å²) < 4.78 is 32.0. The third kappa shape index (κ3) is 7.72. The zero-order chi connectivity index (χ0) is 33.1. The summed E-state index contributed by atoms with van der Waals surface area (Å²) in [5.74, 6) is 1.06. The Morgan fingerprint density at radius 1 is 1.09 bits per heavy atom. The Kier molecular flexibility index (Phi) is 9.42. The maximum atomic E-state index is 15.2. The number of nitriles is 1. The van der Waals surface area contributed by atoms with E-state index in [1.807, 2.05) is 18.2 Å². The molecule has 3 fully saturated rings. The number of benzene rings is 2. The molecule has 3 saturated heterocycles. The van der Waals surface area contributed by atoms with Gasteiger partial charge in [0.1, 0.15) is 29.9 Å². The normalized spacial score (nSPS) is 20.7. The zero-order valence-electron chi connectivity index (χ0n) is 27.3. The number of halogens is 1. The number of piperidine rings is 1. The van der Waals surface area contributed by atoms with Gasteiger partial charge in [-0.3, -0.25) is 4.90 Å². The van der Waals surface area contributed by atoms with Gasteiger partial charge in [-0.2, -0.15) is 10.2 Å². The highest BCUT2D eigenvalue weighted by Gasteiger charge is 2.36. The number of hydrogen-bond acceptors (Lipinski definition) is 11. The van der Waals surface area contributed by atoms with Crippen LogP contribution < -0.4 is 15.0 Å². The monoisotopic (exact) mass is 644 g/mol. The van der Waals surface area contributed by atoms with Crippen molar-refractivity contribution in [2.75, 3.05) is 62.7 Å². The Bertz CT molecular complexity index is 1610. The average molecular weight is 645 g/mol. The van der Waals surface area contributed by atoms with Crippen molar-refractivity contribution in [1.29, 1.82) is 5.26 Å². The summed E-state index contributed by atoms with van der Waals surface area (Å²) in [5, 5.41) is 13.2. The van der Waals surface area contributed by atoms with Crippen LogP contribution in [0.2, 0.25) is 0 Å². The second-order valence-corrected chi connectivity index (χ2v) is 13.2. The van der Waals surface area contributed by atoms with Gasteiger partial charge >= 0.3 is 6.09 Å². The number of carbonyl (C=O) groups is 1. The molecule has 1 amide bonds. The van der Waals surface area contributed by atoms with Crippen molar-refractivity contribution in [3.63, 3.8) is 0 Å². The van der Waals surface area contributed by atoms with Crippen LogP contribution in [-0.4, -0.2) is 107 Å². The van der Waals surface area contributed by atoms with Crippen molar-refractivity contribution in [2.24, 2.45) is 0 Å². The van der Waals surface area contributed by atoms with Gasteiger partial charge in [0, 0.05) is 56.1 Å². The highest BCUT2D eigenvalue weighted by molar-refractivity contribution is 5.68. The quantitative estimate of drug-likeness (QED) is 0.384. The lowest BCUT2D eigenvalue weighted by Gasteiger charge is -2.43. The number of aryl methyl sites for hydroxylation is 1. The fraction of sp³-hybridized carbons (Fsp3) is 0.500. The Labute approximate surface area is 274 Å². The molecule has 3 aliphatic heterocycles. The van der Waals surface area contributed by atoms with Gasteiger partial charge in [-0.1, -0.05) is 0 Å². The minimum atomic E-state index is -1.44. The number of nitrogens with one attached hydrogen (secondary N) is 1. The zero-order valence-corrected chi connectivity index (χ0v) is 27.3. The third-order valence-corrected chi connectivity index (χ3v) is 8.57. The molecule has 4 heterocycles. The third-order valence-electron chi connectivity index (χ3n) is 8.57. The Morgan fingerprint density at radius 2 is 1.83 bits per heavy atom. The van der Waals surface area contributed by atoms with E-state index in [1.54, 1.807) is 33.8 Å². The van der Waals surface area contributed by atoms with Crippen molar-refractivity contribution in [3.8, 4) is 23.2 Å². The number of likely N-dealkylation sites (tertiary alicyclic amines) is 1. The van der Waals surface area contributed by atoms with Gasteiger partial charge in [-0.25, -0.2) is 19.2 Å². The largest absolute Gasteiger partial charge is 0.486 e. The first kappa shape index (κ1) is 32.4. The van der Waals surface area contributed by atoms with Crippen LogP contribution in [0.15, 0.2) is 42.7 Å². The molecule has 12 nitrogen and oxygen atoms in total. The van der Waals surface area contributed by atoms with E-state index in [-0.39, 0.29) is 25.1 Å². The van der Waals surface area contributed by atoms with Crippen molar-refractivity contribution in [2.45, 2.75) is 58.0 Å². The minimum absolute atomic E-state index is 0.143. The van der Waals surface area contributed by atoms with Gasteiger partial charge in [-0.05, 0) is 69.7 Å². The molecule has 0 aliphatic carbocycles. The second kappa shape index (κ2) is 13.7. The number of aromatic nitrogens is 3. The average Bonchev–Trinajstić information content (AvgIpc) is 3.02. The number of amides is 1. The summed E-state index contributed by atoms with van der Waals surface area (Å²) >= 11 is 0. The van der Waals surface area contributed by atoms with Gasteiger partial charge in [0.2, 0.25) is 5.95 Å². The Balaban J connectivity index is 1.09. The molecular weight excluding hydrogens is 603 g/mol. The number of anilines is 3. The minimum Gasteiger partial charge on any atom is -0.486 e. The summed E-state index contributed by atoms with van der Waals surface area (Å²) in [6.45, 7) is 13.0. The number of alkyl halides is 1. The van der Waals surface area contributed by atoms with Crippen molar-refractivity contribution < 1.29 is 23.4 Å². The van der Waals surface area contributed by atoms with Gasteiger partial charge in [0.25, 0.3) is 0 Å². The number of nitrogens with zero attached hydrogens (tertiary/aromatic N) is 7. The molecule has 2 atom stereocenters. The first-order valence-corrected chi connectivity index (χ1v) is 16.0. The van der Waals surface area contributed by atoms with E-state index in [0.29, 0.717) is 34.7 Å². The van der Waals surface area contributed by atoms with E-state index in [4.69, 9.17) is 14.2 Å². The van der Waals surface area contributed by atoms with Crippen LogP contribution in [0.5, 0.6) is 5.75 Å². The SMILES string of the molecule is Cc1cc(-c2ncnc(Nc3ccc(N4CCN(C5COC5)CC4)cc3)n2)cc(C#N)c1OC1CCN(C(=O)OC(C)(C)C)CC1F. The molecule has 0 bridgehead atoms. The highest BCUT2D eigenvalue weighted by Crippen LogP contribution is 2.32. The standard InChI is InChI=1S/C34H41FN8O4/c1-22-15-23(16-24(17-36)30(22)46-29-9-10-43(18-28(29)35)33(44)47-34(2,3)4)31-37-21-38-32(40-31)39-25-5-7-26(8-6-25)41-11-13-42(14-12-41)27-19-45-20-27/h5-8,15-16,21,27-29H,9-14,18-20H2,1-4H3,(H,37,38,39,40). The van der Waals surface area contributed by atoms with Crippen LogP contribution in [0.4, 0.5) is 26.5 Å². The number of piperazine rings is 1. The second-order valence-electron chi connectivity index (χ2n) is 13.2. The molecular formula is C34H41FN8O4. The van der Waals surface area contributed by atoms with Crippen LogP contribution in [0.1, 0.15) is 38.3 Å². The summed E-state index contributed by atoms with van der Waals surface area (Å²) in [6, 6.07) is 14.4. The highest BCUT2D eigenvalue weighted by atomic mass is 19.1. The molecule has 0 radical (unpaired) electrons. The van der Waals surface area contributed by atoms with Crippen LogP contribution >= 0.6 is 0 Å². The fourth-order valence-corrected chi connectivity index (χ4v) is 5.96. The first-order valence-electron chi connectivity index (χ1n) is 16.0. The molecule has 13 heteroatoms. The molecule has 47 heavy (non-hydrogen) atoms. The fourth-order valence-electron chi connectivity index (χ4n) is 5.96. The molecule has 3 aliphatic rings. The maximum absolute atomic E-state index is 15.2. The first-order chi connectivity index (χ1) is 22.6. The van der Waals surface area contributed by atoms with Crippen LogP contribution in [0.3, 0.4) is 0 Å². The number of hydrogen-bond donors (Lipinski definition) is 1. The molecule has 1 aromatic heterocycles. The number of ether oxygens (including phenoxy) is 3. The molecule has 2 aromatic carbocycles. The number of rotatable bonds is 7. The van der Waals surface area contributed by atoms with Crippen LogP contribution in [0.25, 0.3) is 11.4 Å². The Hall–Kier alpha value is -4.54. The van der Waals surface area contributed by atoms with Gasteiger partial charge < -0.3 is 29.3 Å². The molecule has 6 rings (SSSR count). The lowest BCUT2D eigenvalue weighted by molar-refractivity contribution is -0.0660. The van der Waals surface area contributed by atoms with Crippen molar-refractivity contribution in [1.82, 2.24) is 24.8 Å². The number of carbonyl (C=O) groups excluding carboxylic acids is 1. The molecule has 2 unspecified atom stereocenters. The molecule has 3 aromatic rings. The summed E-state index contributed by atoms with van der Waals surface area (Å²) in [5.41, 5.74) is 2.84. The summed E-state index contributed by atoms with van der Waals surface area (Å²) in [6.07, 6.45) is -1.11. The Morgan fingerprint density at radius 3 is 2.47 bits per heavy atom. The van der Waals surface area contributed by atoms with Crippen molar-refractivity contribution in [3.05, 3.63) is 53.9 Å². The molecule has 1 N–H and O–H groups in total. The molecule has 248 valence electrons. The smallest absolute Gasteiger partial charge is 0.410 e. The molecule has 0 spiro atoms. The predicted octanol–water partition coefficient (Wildman–Crippen LogP) is 4.71. The van der Waals surface area contributed by atoms with E-state index in [2.05, 4.69) is 48.3 Å². The maximum Gasteiger partial charge on any atom is 0.410 e. The van der Waals surface area contributed by atoms with E-state index < -0.39 is 24.0 Å². The molecule has 0 saturated carbocycles. The van der Waals surface area contributed by atoms with E-state index in [1.165, 1.54) is 16.9 Å². The topological polar surface area (TPSA) is 129 Å². The lowest BCUT2D eigenvalue weighted by atomic mass is 10.0. The lowest BCUT2D eigenvalue weighted by Crippen LogP contribution is -2.56. The van der Waals surface area contributed by atoms with Crippen molar-refractivity contribution >= 4 is 23.4 Å². The van der Waals surface area contributed by atoms with E-state index in [9.17, 15) is 10.1 Å². The van der Waals surface area contributed by atoms with Gasteiger partial charge in [0.05, 0.1) is 31.4 Å². The summed E-state index contributed by atoms with van der Waals surface area (Å²) in [4.78, 5) is 31.9. The van der Waals surface area contributed by atoms with Gasteiger partial charge in [0.15, 0.2) is 12.0 Å². The van der Waals surface area contributed by atoms with Gasteiger partial charge in [-0.15, -0.1) is 0 Å². The van der Waals surface area contributed by atoms with E-state index in [0.717, 1.165) is 45.1 Å². The van der Waals surface area contributed by atoms with Crippen LogP contribution in [-0.2, 0) is 9.47 Å².